The Morgan fingerprint density at radius 3 is 2.82 bits per heavy atom. The van der Waals surface area contributed by atoms with Crippen molar-refractivity contribution in [3.05, 3.63) is 65.5 Å². The number of anilines is 1. The number of nitrogens with zero attached hydrogens (tertiary/aromatic N) is 3. The second kappa shape index (κ2) is 7.88. The van der Waals surface area contributed by atoms with Crippen molar-refractivity contribution in [1.29, 1.82) is 0 Å². The Hall–Kier alpha value is -3.09. The fourth-order valence-electron chi connectivity index (χ4n) is 3.50. The predicted molar refractivity (Wildman–Crippen MR) is 102 cm³/mol. The van der Waals surface area contributed by atoms with E-state index < -0.39 is 5.82 Å². The minimum atomic E-state index is -0.414. The molecule has 0 saturated heterocycles. The highest BCUT2D eigenvalue weighted by Gasteiger charge is 2.19. The summed E-state index contributed by atoms with van der Waals surface area (Å²) < 4.78 is 29.7. The van der Waals surface area contributed by atoms with Gasteiger partial charge in [0.05, 0.1) is 12.0 Å². The van der Waals surface area contributed by atoms with E-state index in [1.54, 1.807) is 18.2 Å². The molecule has 1 aliphatic heterocycles. The monoisotopic (exact) mass is 382 g/mol. The van der Waals surface area contributed by atoms with Crippen LogP contribution in [-0.4, -0.2) is 20.7 Å². The van der Waals surface area contributed by atoms with Gasteiger partial charge in [0.2, 0.25) is 5.91 Å². The van der Waals surface area contributed by atoms with Crippen molar-refractivity contribution >= 4 is 11.6 Å². The van der Waals surface area contributed by atoms with Crippen LogP contribution in [0.4, 0.5) is 14.5 Å². The summed E-state index contributed by atoms with van der Waals surface area (Å²) in [5.41, 5.74) is 1.34. The first kappa shape index (κ1) is 18.3. The number of carbonyl (C=O) groups excluding carboxylic acids is 1. The highest BCUT2D eigenvalue weighted by molar-refractivity contribution is 5.92. The molecule has 1 aliphatic rings. The van der Waals surface area contributed by atoms with Gasteiger partial charge in [0.15, 0.2) is 5.82 Å². The average Bonchev–Trinajstić information content (AvgIpc) is 2.91. The molecule has 3 aromatic rings. The van der Waals surface area contributed by atoms with E-state index in [1.807, 2.05) is 4.57 Å². The Morgan fingerprint density at radius 1 is 1.07 bits per heavy atom. The number of hydrogen-bond donors (Lipinski definition) is 1. The molecule has 2 heterocycles. The van der Waals surface area contributed by atoms with Crippen LogP contribution in [0.3, 0.4) is 0 Å². The zero-order valence-corrected chi connectivity index (χ0v) is 15.3. The van der Waals surface area contributed by atoms with E-state index >= 15 is 0 Å². The fraction of sp³-hybridized carbons (Fsp3) is 0.286. The van der Waals surface area contributed by atoms with Gasteiger partial charge >= 0.3 is 0 Å². The molecule has 1 aromatic heterocycles. The van der Waals surface area contributed by atoms with E-state index in [0.717, 1.165) is 38.1 Å². The first-order valence-electron chi connectivity index (χ1n) is 9.36. The average molecular weight is 382 g/mol. The molecule has 0 unspecified atom stereocenters. The first-order chi connectivity index (χ1) is 13.6. The van der Waals surface area contributed by atoms with Crippen LogP contribution >= 0.6 is 0 Å². The van der Waals surface area contributed by atoms with Gasteiger partial charge in [-0.3, -0.25) is 4.79 Å². The van der Waals surface area contributed by atoms with E-state index in [-0.39, 0.29) is 18.1 Å². The summed E-state index contributed by atoms with van der Waals surface area (Å²) in [5, 5.41) is 11.1. The second-order valence-corrected chi connectivity index (χ2v) is 6.95. The van der Waals surface area contributed by atoms with Gasteiger partial charge in [0.25, 0.3) is 0 Å². The van der Waals surface area contributed by atoms with Crippen molar-refractivity contribution in [3.8, 4) is 11.4 Å². The Balaban J connectivity index is 1.56. The normalized spacial score (nSPS) is 13.6. The topological polar surface area (TPSA) is 59.8 Å². The molecule has 0 spiro atoms. The van der Waals surface area contributed by atoms with Gasteiger partial charge in [-0.1, -0.05) is 18.6 Å². The maximum atomic E-state index is 14.5. The first-order valence-corrected chi connectivity index (χ1v) is 9.36. The molecular formula is C21H20F2N4O. The number of aryl methyl sites for hydroxylation is 1. The highest BCUT2D eigenvalue weighted by Crippen LogP contribution is 2.27. The summed E-state index contributed by atoms with van der Waals surface area (Å²) in [6.07, 6.45) is 4.03. The lowest BCUT2D eigenvalue weighted by molar-refractivity contribution is -0.115. The van der Waals surface area contributed by atoms with Crippen molar-refractivity contribution in [2.45, 2.75) is 38.6 Å². The third-order valence-electron chi connectivity index (χ3n) is 4.85. The minimum Gasteiger partial charge on any atom is -0.326 e. The van der Waals surface area contributed by atoms with E-state index in [1.165, 1.54) is 24.3 Å². The molecule has 28 heavy (non-hydrogen) atoms. The summed E-state index contributed by atoms with van der Waals surface area (Å²) in [6.45, 7) is 0.757. The largest absolute Gasteiger partial charge is 0.326 e. The van der Waals surface area contributed by atoms with Gasteiger partial charge in [-0.2, -0.15) is 0 Å². The summed E-state index contributed by atoms with van der Waals surface area (Å²) >= 11 is 0. The Labute approximate surface area is 161 Å². The third-order valence-corrected chi connectivity index (χ3v) is 4.85. The summed E-state index contributed by atoms with van der Waals surface area (Å²) in [7, 11) is 0. The SMILES string of the molecule is O=C(Cc1cccc(F)c1)Nc1ccc(F)c(-c2nnc3n2CCCCC3)c1. The summed E-state index contributed by atoms with van der Waals surface area (Å²) in [5.74, 6) is 0.246. The molecule has 144 valence electrons. The number of rotatable bonds is 4. The van der Waals surface area contributed by atoms with Crippen molar-refractivity contribution in [1.82, 2.24) is 14.8 Å². The summed E-state index contributed by atoms with van der Waals surface area (Å²) in [4.78, 5) is 12.3. The van der Waals surface area contributed by atoms with Crippen LogP contribution in [0.2, 0.25) is 0 Å². The van der Waals surface area contributed by atoms with Crippen LogP contribution in [0.5, 0.6) is 0 Å². The number of amides is 1. The molecule has 5 nitrogen and oxygen atoms in total. The van der Waals surface area contributed by atoms with Crippen LogP contribution in [0.15, 0.2) is 42.5 Å². The quantitative estimate of drug-likeness (QED) is 0.738. The molecule has 0 aliphatic carbocycles. The molecule has 0 atom stereocenters. The molecule has 0 saturated carbocycles. The Bertz CT molecular complexity index is 1020. The fourth-order valence-corrected chi connectivity index (χ4v) is 3.50. The van der Waals surface area contributed by atoms with E-state index in [9.17, 15) is 13.6 Å². The lowest BCUT2D eigenvalue weighted by atomic mass is 10.1. The Morgan fingerprint density at radius 2 is 1.96 bits per heavy atom. The van der Waals surface area contributed by atoms with E-state index in [4.69, 9.17) is 0 Å². The number of hydrogen-bond acceptors (Lipinski definition) is 3. The molecule has 0 fully saturated rings. The zero-order valence-electron chi connectivity index (χ0n) is 15.3. The standard InChI is InChI=1S/C21H20F2N4O/c22-15-6-4-5-14(11-15)12-20(28)24-16-8-9-18(23)17(13-16)21-26-25-19-7-2-1-3-10-27(19)21/h4-6,8-9,11,13H,1-3,7,10,12H2,(H,24,28). The van der Waals surface area contributed by atoms with Crippen molar-refractivity contribution < 1.29 is 13.6 Å². The van der Waals surface area contributed by atoms with Gasteiger partial charge < -0.3 is 9.88 Å². The number of nitrogens with one attached hydrogen (secondary N) is 1. The van der Waals surface area contributed by atoms with Crippen LogP contribution in [0, 0.1) is 11.6 Å². The lowest BCUT2D eigenvalue weighted by Crippen LogP contribution is -2.14. The molecule has 0 bridgehead atoms. The number of halogens is 2. The smallest absolute Gasteiger partial charge is 0.228 e. The summed E-state index contributed by atoms with van der Waals surface area (Å²) in [6, 6.07) is 10.3. The van der Waals surface area contributed by atoms with Crippen molar-refractivity contribution in [3.63, 3.8) is 0 Å². The highest BCUT2D eigenvalue weighted by atomic mass is 19.1. The van der Waals surface area contributed by atoms with Crippen LogP contribution < -0.4 is 5.32 Å². The van der Waals surface area contributed by atoms with E-state index in [2.05, 4.69) is 15.5 Å². The molecule has 4 rings (SSSR count). The molecule has 2 aromatic carbocycles. The predicted octanol–water partition coefficient (Wildman–Crippen LogP) is 4.13. The van der Waals surface area contributed by atoms with Gasteiger partial charge in [-0.05, 0) is 48.7 Å². The molecular weight excluding hydrogens is 362 g/mol. The number of aromatic nitrogens is 3. The second-order valence-electron chi connectivity index (χ2n) is 6.95. The van der Waals surface area contributed by atoms with Crippen molar-refractivity contribution in [2.24, 2.45) is 0 Å². The lowest BCUT2D eigenvalue weighted by Gasteiger charge is -2.10. The maximum Gasteiger partial charge on any atom is 0.228 e. The van der Waals surface area contributed by atoms with Crippen LogP contribution in [0.25, 0.3) is 11.4 Å². The number of carbonyl (C=O) groups is 1. The number of fused-ring (bicyclic) bond motifs is 1. The zero-order chi connectivity index (χ0) is 19.5. The van der Waals surface area contributed by atoms with Crippen LogP contribution in [-0.2, 0) is 24.2 Å². The van der Waals surface area contributed by atoms with Crippen LogP contribution in [0.1, 0.15) is 30.7 Å². The molecule has 1 amide bonds. The minimum absolute atomic E-state index is 0.0325. The third kappa shape index (κ3) is 3.93. The maximum absolute atomic E-state index is 14.5. The van der Waals surface area contributed by atoms with Crippen molar-refractivity contribution in [2.75, 3.05) is 5.32 Å². The van der Waals surface area contributed by atoms with Gasteiger partial charge in [0, 0.05) is 18.7 Å². The Kier molecular flexibility index (Phi) is 5.14. The molecule has 0 radical (unpaired) electrons. The molecule has 1 N–H and O–H groups in total. The van der Waals surface area contributed by atoms with Gasteiger partial charge in [-0.15, -0.1) is 10.2 Å². The van der Waals surface area contributed by atoms with E-state index in [0.29, 0.717) is 22.6 Å². The van der Waals surface area contributed by atoms with Gasteiger partial charge in [-0.25, -0.2) is 8.78 Å². The molecule has 7 heteroatoms. The van der Waals surface area contributed by atoms with Gasteiger partial charge in [0.1, 0.15) is 17.5 Å². The number of benzene rings is 2.